The molecule has 3 heteroatoms. The molecule has 0 fully saturated rings. The van der Waals surface area contributed by atoms with Gasteiger partial charge in [-0.2, -0.15) is 0 Å². The first-order chi connectivity index (χ1) is 5.40. The van der Waals surface area contributed by atoms with Crippen molar-refractivity contribution in [3.05, 3.63) is 23.5 Å². The number of rotatable bonds is 1. The smallest absolute Gasteiger partial charge is 0.151 e. The molecule has 1 aromatic rings. The molecular weight excluding hydrogens is 142 g/mol. The van der Waals surface area contributed by atoms with Gasteiger partial charge < -0.3 is 9.30 Å². The Kier molecular flexibility index (Phi) is 1.51. The summed E-state index contributed by atoms with van der Waals surface area (Å²) in [6.07, 6.45) is 2.73. The minimum absolute atomic E-state index is 0.633. The molecular formula is C8H9NO2. The highest BCUT2D eigenvalue weighted by molar-refractivity contribution is 5.74. The van der Waals surface area contributed by atoms with E-state index in [9.17, 15) is 4.79 Å². The van der Waals surface area contributed by atoms with Gasteiger partial charge in [0.25, 0.3) is 0 Å². The molecule has 1 aromatic heterocycles. The molecule has 0 aliphatic carbocycles. The van der Waals surface area contributed by atoms with Crippen molar-refractivity contribution in [2.24, 2.45) is 0 Å². The van der Waals surface area contributed by atoms with Gasteiger partial charge in [-0.15, -0.1) is 0 Å². The molecule has 1 aliphatic heterocycles. The molecule has 0 saturated heterocycles. The standard InChI is InChI=1S/C8H9NO2/c10-5-7-3-8-6-11-2-1-9(8)4-7/h3-5H,1-2,6H2. The van der Waals surface area contributed by atoms with Gasteiger partial charge in [-0.1, -0.05) is 0 Å². The molecule has 0 aromatic carbocycles. The summed E-state index contributed by atoms with van der Waals surface area (Å²) in [5.74, 6) is 0. The van der Waals surface area contributed by atoms with Gasteiger partial charge in [0.1, 0.15) is 0 Å². The zero-order chi connectivity index (χ0) is 7.68. The molecule has 1 aliphatic rings. The Labute approximate surface area is 64.6 Å². The van der Waals surface area contributed by atoms with E-state index in [0.29, 0.717) is 6.61 Å². The maximum Gasteiger partial charge on any atom is 0.151 e. The van der Waals surface area contributed by atoms with E-state index in [4.69, 9.17) is 4.74 Å². The van der Waals surface area contributed by atoms with E-state index in [1.807, 2.05) is 12.3 Å². The second-order valence-corrected chi connectivity index (χ2v) is 2.63. The van der Waals surface area contributed by atoms with E-state index >= 15 is 0 Å². The van der Waals surface area contributed by atoms with Crippen LogP contribution in [-0.2, 0) is 17.9 Å². The Morgan fingerprint density at radius 3 is 3.27 bits per heavy atom. The highest BCUT2D eigenvalue weighted by atomic mass is 16.5. The van der Waals surface area contributed by atoms with Crippen molar-refractivity contribution in [1.29, 1.82) is 0 Å². The van der Waals surface area contributed by atoms with E-state index in [1.165, 1.54) is 0 Å². The fourth-order valence-corrected chi connectivity index (χ4v) is 1.31. The molecule has 58 valence electrons. The fraction of sp³-hybridized carbons (Fsp3) is 0.375. The van der Waals surface area contributed by atoms with Crippen LogP contribution >= 0.6 is 0 Å². The average molecular weight is 151 g/mol. The number of aromatic nitrogens is 1. The van der Waals surface area contributed by atoms with Crippen molar-refractivity contribution >= 4 is 6.29 Å². The Hall–Kier alpha value is -1.09. The molecule has 3 nitrogen and oxygen atoms in total. The summed E-state index contributed by atoms with van der Waals surface area (Å²) < 4.78 is 7.28. The van der Waals surface area contributed by atoms with E-state index in [2.05, 4.69) is 4.57 Å². The normalized spacial score (nSPS) is 16.0. The van der Waals surface area contributed by atoms with Crippen LogP contribution in [0.4, 0.5) is 0 Å². The quantitative estimate of drug-likeness (QED) is 0.557. The third-order valence-electron chi connectivity index (χ3n) is 1.87. The highest BCUT2D eigenvalue weighted by Gasteiger charge is 2.09. The van der Waals surface area contributed by atoms with Crippen molar-refractivity contribution in [2.75, 3.05) is 6.61 Å². The average Bonchev–Trinajstić information content (AvgIpc) is 2.46. The van der Waals surface area contributed by atoms with Crippen LogP contribution in [0.15, 0.2) is 12.3 Å². The summed E-state index contributed by atoms with van der Waals surface area (Å²) in [7, 11) is 0. The van der Waals surface area contributed by atoms with Crippen LogP contribution in [0.5, 0.6) is 0 Å². The van der Waals surface area contributed by atoms with Crippen LogP contribution in [0.3, 0.4) is 0 Å². The molecule has 2 heterocycles. The third kappa shape index (κ3) is 1.07. The van der Waals surface area contributed by atoms with Gasteiger partial charge in [-0.3, -0.25) is 4.79 Å². The minimum Gasteiger partial charge on any atom is -0.373 e. The minimum atomic E-state index is 0.633. The summed E-state index contributed by atoms with van der Waals surface area (Å²) in [6, 6.07) is 1.87. The highest BCUT2D eigenvalue weighted by Crippen LogP contribution is 2.12. The lowest BCUT2D eigenvalue weighted by atomic mass is 10.3. The Morgan fingerprint density at radius 2 is 2.55 bits per heavy atom. The number of aldehydes is 1. The van der Waals surface area contributed by atoms with Gasteiger partial charge in [0, 0.05) is 24.0 Å². The molecule has 0 atom stereocenters. The van der Waals surface area contributed by atoms with Gasteiger partial charge in [-0.05, 0) is 6.07 Å². The van der Waals surface area contributed by atoms with E-state index in [0.717, 1.165) is 30.7 Å². The number of ether oxygens (including phenoxy) is 1. The van der Waals surface area contributed by atoms with Gasteiger partial charge in [0.15, 0.2) is 6.29 Å². The summed E-state index contributed by atoms with van der Waals surface area (Å²) in [6.45, 7) is 2.25. The predicted octanol–water partition coefficient (Wildman–Crippen LogP) is 0.831. The van der Waals surface area contributed by atoms with Crippen LogP contribution in [0.2, 0.25) is 0 Å². The molecule has 0 saturated carbocycles. The number of hydrogen-bond acceptors (Lipinski definition) is 2. The maximum absolute atomic E-state index is 10.4. The summed E-state index contributed by atoms with van der Waals surface area (Å²) in [5, 5.41) is 0. The zero-order valence-corrected chi connectivity index (χ0v) is 6.12. The van der Waals surface area contributed by atoms with Gasteiger partial charge in [-0.25, -0.2) is 0 Å². The molecule has 0 amide bonds. The fourth-order valence-electron chi connectivity index (χ4n) is 1.31. The largest absolute Gasteiger partial charge is 0.373 e. The van der Waals surface area contributed by atoms with Gasteiger partial charge in [0.2, 0.25) is 0 Å². The van der Waals surface area contributed by atoms with E-state index in [-0.39, 0.29) is 0 Å². The first-order valence-corrected chi connectivity index (χ1v) is 3.62. The summed E-state index contributed by atoms with van der Waals surface area (Å²) >= 11 is 0. The van der Waals surface area contributed by atoms with Gasteiger partial charge in [0.05, 0.1) is 13.2 Å². The zero-order valence-electron chi connectivity index (χ0n) is 6.12. The summed E-state index contributed by atoms with van der Waals surface area (Å²) in [5.41, 5.74) is 1.84. The lowest BCUT2D eigenvalue weighted by molar-refractivity contribution is 0.0850. The van der Waals surface area contributed by atoms with Crippen molar-refractivity contribution < 1.29 is 9.53 Å². The van der Waals surface area contributed by atoms with Crippen molar-refractivity contribution in [3.8, 4) is 0 Å². The molecule has 0 bridgehead atoms. The number of nitrogens with zero attached hydrogens (tertiary/aromatic N) is 1. The van der Waals surface area contributed by atoms with Crippen molar-refractivity contribution in [3.63, 3.8) is 0 Å². The van der Waals surface area contributed by atoms with Crippen molar-refractivity contribution in [2.45, 2.75) is 13.2 Å². The predicted molar refractivity (Wildman–Crippen MR) is 39.5 cm³/mol. The lowest BCUT2D eigenvalue weighted by Crippen LogP contribution is -2.14. The molecule has 0 N–H and O–H groups in total. The SMILES string of the molecule is O=Cc1cc2n(c1)CCOC2. The van der Waals surface area contributed by atoms with Crippen LogP contribution in [0.1, 0.15) is 16.1 Å². The number of fused-ring (bicyclic) bond motifs is 1. The first-order valence-electron chi connectivity index (χ1n) is 3.62. The topological polar surface area (TPSA) is 31.2 Å². The first kappa shape index (κ1) is 6.61. The lowest BCUT2D eigenvalue weighted by Gasteiger charge is -2.14. The Morgan fingerprint density at radius 1 is 1.64 bits per heavy atom. The number of carbonyl (C=O) groups is 1. The Bertz CT molecular complexity index is 254. The molecule has 11 heavy (non-hydrogen) atoms. The second kappa shape index (κ2) is 2.51. The molecule has 0 radical (unpaired) electrons. The molecule has 0 unspecified atom stereocenters. The monoisotopic (exact) mass is 151 g/mol. The molecule has 0 spiro atoms. The molecule has 2 rings (SSSR count). The van der Waals surface area contributed by atoms with E-state index < -0.39 is 0 Å². The van der Waals surface area contributed by atoms with Crippen LogP contribution in [0, 0.1) is 0 Å². The third-order valence-corrected chi connectivity index (χ3v) is 1.87. The maximum atomic E-state index is 10.4. The van der Waals surface area contributed by atoms with Crippen molar-refractivity contribution in [1.82, 2.24) is 4.57 Å². The van der Waals surface area contributed by atoms with Gasteiger partial charge >= 0.3 is 0 Å². The van der Waals surface area contributed by atoms with Crippen LogP contribution in [-0.4, -0.2) is 17.5 Å². The second-order valence-electron chi connectivity index (χ2n) is 2.63. The number of carbonyl (C=O) groups excluding carboxylic acids is 1. The van der Waals surface area contributed by atoms with Crippen LogP contribution in [0.25, 0.3) is 0 Å². The van der Waals surface area contributed by atoms with E-state index in [1.54, 1.807) is 0 Å². The van der Waals surface area contributed by atoms with Crippen LogP contribution < -0.4 is 0 Å². The Balaban J connectivity index is 2.39. The number of hydrogen-bond donors (Lipinski definition) is 0. The summed E-state index contributed by atoms with van der Waals surface area (Å²) in [4.78, 5) is 10.4.